The minimum atomic E-state index is -1.00. The molecule has 0 spiro atoms. The minimum absolute atomic E-state index is 0.00335. The second kappa shape index (κ2) is 5.64. The first-order valence-corrected chi connectivity index (χ1v) is 5.80. The Bertz CT molecular complexity index is 659. The maximum atomic E-state index is 13.0. The quantitative estimate of drug-likeness (QED) is 0.632. The third kappa shape index (κ3) is 2.90. The van der Waals surface area contributed by atoms with E-state index in [1.54, 1.807) is 19.1 Å². The largest absolute Gasteiger partial charge is 0.489 e. The number of hydrogen-bond acceptors (Lipinski definition) is 3. The average Bonchev–Trinajstić information content (AvgIpc) is 2.41. The molecule has 104 valence electrons. The topological polar surface area (TPSA) is 52.4 Å². The van der Waals surface area contributed by atoms with E-state index in [1.807, 2.05) is 0 Å². The summed E-state index contributed by atoms with van der Waals surface area (Å²) in [7, 11) is 0. The van der Waals surface area contributed by atoms with Crippen molar-refractivity contribution in [3.63, 3.8) is 0 Å². The smallest absolute Gasteiger partial charge is 0.272 e. The van der Waals surface area contributed by atoms with Crippen LogP contribution in [0.4, 0.5) is 14.5 Å². The van der Waals surface area contributed by atoms with Gasteiger partial charge in [-0.2, -0.15) is 0 Å². The third-order valence-electron chi connectivity index (χ3n) is 2.90. The standard InChI is InChI=1S/C14H11F2NO3/c1-9-10(3-2-4-14(9)17(18)19)8-20-11-5-6-12(15)13(16)7-11/h2-7H,8H2,1H3. The molecule has 0 saturated heterocycles. The second-order valence-electron chi connectivity index (χ2n) is 4.18. The Morgan fingerprint density at radius 2 is 1.95 bits per heavy atom. The molecule has 4 nitrogen and oxygen atoms in total. The molecule has 0 aliphatic carbocycles. The molecule has 0 amide bonds. The van der Waals surface area contributed by atoms with E-state index in [1.165, 1.54) is 12.1 Å². The van der Waals surface area contributed by atoms with Crippen molar-refractivity contribution in [2.45, 2.75) is 13.5 Å². The van der Waals surface area contributed by atoms with Crippen molar-refractivity contribution in [2.24, 2.45) is 0 Å². The molecule has 20 heavy (non-hydrogen) atoms. The van der Waals surface area contributed by atoms with Crippen molar-refractivity contribution in [1.82, 2.24) is 0 Å². The van der Waals surface area contributed by atoms with Gasteiger partial charge in [-0.25, -0.2) is 8.78 Å². The van der Waals surface area contributed by atoms with Gasteiger partial charge in [-0.1, -0.05) is 12.1 Å². The summed E-state index contributed by atoms with van der Waals surface area (Å²) in [4.78, 5) is 10.3. The lowest BCUT2D eigenvalue weighted by molar-refractivity contribution is -0.385. The normalized spacial score (nSPS) is 10.3. The van der Waals surface area contributed by atoms with Gasteiger partial charge in [0.15, 0.2) is 11.6 Å². The number of nitro groups is 1. The van der Waals surface area contributed by atoms with Crippen molar-refractivity contribution in [3.8, 4) is 5.75 Å². The highest BCUT2D eigenvalue weighted by Crippen LogP contribution is 2.23. The molecule has 2 aromatic carbocycles. The van der Waals surface area contributed by atoms with Gasteiger partial charge in [-0.3, -0.25) is 10.1 Å². The van der Waals surface area contributed by atoms with Crippen LogP contribution >= 0.6 is 0 Å². The summed E-state index contributed by atoms with van der Waals surface area (Å²) in [5, 5.41) is 10.8. The molecule has 0 N–H and O–H groups in total. The van der Waals surface area contributed by atoms with E-state index in [0.717, 1.165) is 12.1 Å². The Balaban J connectivity index is 2.17. The van der Waals surface area contributed by atoms with Crippen LogP contribution in [0.5, 0.6) is 5.75 Å². The third-order valence-corrected chi connectivity index (χ3v) is 2.90. The molecular formula is C14H11F2NO3. The van der Waals surface area contributed by atoms with E-state index in [-0.39, 0.29) is 18.0 Å². The SMILES string of the molecule is Cc1c(COc2ccc(F)c(F)c2)cccc1[N+](=O)[O-]. The summed E-state index contributed by atoms with van der Waals surface area (Å²) >= 11 is 0. The molecule has 0 aromatic heterocycles. The minimum Gasteiger partial charge on any atom is -0.489 e. The van der Waals surface area contributed by atoms with Crippen molar-refractivity contribution in [3.05, 3.63) is 69.3 Å². The lowest BCUT2D eigenvalue weighted by Gasteiger charge is -2.09. The maximum absolute atomic E-state index is 13.0. The Morgan fingerprint density at radius 3 is 2.60 bits per heavy atom. The zero-order valence-corrected chi connectivity index (χ0v) is 10.6. The Hall–Kier alpha value is -2.50. The fourth-order valence-corrected chi connectivity index (χ4v) is 1.75. The molecule has 0 aliphatic rings. The van der Waals surface area contributed by atoms with Gasteiger partial charge in [0.05, 0.1) is 4.92 Å². The van der Waals surface area contributed by atoms with Gasteiger partial charge >= 0.3 is 0 Å². The number of ether oxygens (including phenoxy) is 1. The summed E-state index contributed by atoms with van der Waals surface area (Å²) in [6, 6.07) is 7.83. The van der Waals surface area contributed by atoms with E-state index in [9.17, 15) is 18.9 Å². The summed E-state index contributed by atoms with van der Waals surface area (Å²) in [6.45, 7) is 1.65. The molecule has 6 heteroatoms. The summed E-state index contributed by atoms with van der Waals surface area (Å²) in [5.41, 5.74) is 1.10. The fraction of sp³-hybridized carbons (Fsp3) is 0.143. The molecule has 2 rings (SSSR count). The van der Waals surface area contributed by atoms with Crippen LogP contribution in [0.1, 0.15) is 11.1 Å². The molecule has 0 fully saturated rings. The van der Waals surface area contributed by atoms with E-state index in [2.05, 4.69) is 0 Å². The predicted molar refractivity (Wildman–Crippen MR) is 68.5 cm³/mol. The molecule has 0 saturated carbocycles. The number of hydrogen-bond donors (Lipinski definition) is 0. The van der Waals surface area contributed by atoms with Crippen LogP contribution < -0.4 is 4.74 Å². The van der Waals surface area contributed by atoms with E-state index in [0.29, 0.717) is 11.1 Å². The number of halogens is 2. The summed E-state index contributed by atoms with van der Waals surface area (Å²) in [6.07, 6.45) is 0. The number of nitrogens with zero attached hydrogens (tertiary/aromatic N) is 1. The zero-order valence-electron chi connectivity index (χ0n) is 10.6. The number of benzene rings is 2. The number of rotatable bonds is 4. The highest BCUT2D eigenvalue weighted by molar-refractivity contribution is 5.44. The highest BCUT2D eigenvalue weighted by atomic mass is 19.2. The zero-order chi connectivity index (χ0) is 14.7. The van der Waals surface area contributed by atoms with Crippen LogP contribution in [-0.2, 0) is 6.61 Å². The van der Waals surface area contributed by atoms with Gasteiger partial charge in [-0.15, -0.1) is 0 Å². The van der Waals surface area contributed by atoms with Crippen molar-refractivity contribution in [1.29, 1.82) is 0 Å². The first kappa shape index (κ1) is 13.9. The first-order chi connectivity index (χ1) is 9.49. The number of nitro benzene ring substituents is 1. The second-order valence-corrected chi connectivity index (χ2v) is 4.18. The van der Waals surface area contributed by atoms with Crippen LogP contribution in [-0.4, -0.2) is 4.92 Å². The van der Waals surface area contributed by atoms with Crippen LogP contribution in [0.15, 0.2) is 36.4 Å². The molecule has 0 radical (unpaired) electrons. The van der Waals surface area contributed by atoms with Crippen molar-refractivity contribution < 1.29 is 18.4 Å². The highest BCUT2D eigenvalue weighted by Gasteiger charge is 2.13. The molecule has 2 aromatic rings. The Labute approximate surface area is 113 Å². The van der Waals surface area contributed by atoms with Gasteiger partial charge < -0.3 is 4.74 Å². The molecular weight excluding hydrogens is 268 g/mol. The van der Waals surface area contributed by atoms with E-state index >= 15 is 0 Å². The predicted octanol–water partition coefficient (Wildman–Crippen LogP) is 3.76. The van der Waals surface area contributed by atoms with Crippen LogP contribution in [0.2, 0.25) is 0 Å². The Kier molecular flexibility index (Phi) is 3.93. The summed E-state index contributed by atoms with van der Waals surface area (Å²) < 4.78 is 31.1. The van der Waals surface area contributed by atoms with Gasteiger partial charge in [0.1, 0.15) is 12.4 Å². The molecule has 0 atom stereocenters. The molecule has 0 bridgehead atoms. The van der Waals surface area contributed by atoms with E-state index in [4.69, 9.17) is 4.74 Å². The van der Waals surface area contributed by atoms with Gasteiger partial charge in [-0.05, 0) is 24.6 Å². The van der Waals surface area contributed by atoms with Crippen molar-refractivity contribution in [2.75, 3.05) is 0 Å². The maximum Gasteiger partial charge on any atom is 0.272 e. The first-order valence-electron chi connectivity index (χ1n) is 5.80. The Morgan fingerprint density at radius 1 is 1.20 bits per heavy atom. The van der Waals surface area contributed by atoms with Gasteiger partial charge in [0, 0.05) is 17.7 Å². The van der Waals surface area contributed by atoms with Crippen molar-refractivity contribution >= 4 is 5.69 Å². The summed E-state index contributed by atoms with van der Waals surface area (Å²) in [5.74, 6) is -1.79. The lowest BCUT2D eigenvalue weighted by Crippen LogP contribution is -2.01. The lowest BCUT2D eigenvalue weighted by atomic mass is 10.1. The van der Waals surface area contributed by atoms with Crippen LogP contribution in [0, 0.1) is 28.7 Å². The van der Waals surface area contributed by atoms with Gasteiger partial charge in [0.2, 0.25) is 0 Å². The molecule has 0 aliphatic heterocycles. The van der Waals surface area contributed by atoms with E-state index < -0.39 is 16.6 Å². The fourth-order valence-electron chi connectivity index (χ4n) is 1.75. The van der Waals surface area contributed by atoms with Gasteiger partial charge in [0.25, 0.3) is 5.69 Å². The van der Waals surface area contributed by atoms with Crippen LogP contribution in [0.3, 0.4) is 0 Å². The van der Waals surface area contributed by atoms with Crippen LogP contribution in [0.25, 0.3) is 0 Å². The molecule has 0 unspecified atom stereocenters. The monoisotopic (exact) mass is 279 g/mol. The molecule has 0 heterocycles. The average molecular weight is 279 g/mol.